The second kappa shape index (κ2) is 5.53. The Morgan fingerprint density at radius 3 is 2.44 bits per heavy atom. The van der Waals surface area contributed by atoms with Crippen molar-refractivity contribution in [2.45, 2.75) is 26.7 Å². The number of benzene rings is 1. The van der Waals surface area contributed by atoms with Crippen LogP contribution in [0.25, 0.3) is 0 Å². The van der Waals surface area contributed by atoms with Crippen molar-refractivity contribution in [3.8, 4) is 5.75 Å². The predicted molar refractivity (Wildman–Crippen MR) is 72.5 cm³/mol. The van der Waals surface area contributed by atoms with E-state index in [1.165, 1.54) is 12.8 Å². The molecule has 1 aliphatic rings. The lowest BCUT2D eigenvalue weighted by Gasteiger charge is -2.16. The van der Waals surface area contributed by atoms with Crippen molar-refractivity contribution in [3.63, 3.8) is 0 Å². The van der Waals surface area contributed by atoms with Gasteiger partial charge >= 0.3 is 0 Å². The van der Waals surface area contributed by atoms with E-state index in [-0.39, 0.29) is 5.78 Å². The molecule has 98 valence electrons. The van der Waals surface area contributed by atoms with E-state index in [0.29, 0.717) is 17.9 Å². The minimum Gasteiger partial charge on any atom is -0.496 e. The molecule has 1 aliphatic heterocycles. The van der Waals surface area contributed by atoms with E-state index < -0.39 is 0 Å². The van der Waals surface area contributed by atoms with E-state index in [4.69, 9.17) is 4.74 Å². The van der Waals surface area contributed by atoms with Crippen LogP contribution in [0.3, 0.4) is 0 Å². The van der Waals surface area contributed by atoms with E-state index in [2.05, 4.69) is 4.90 Å². The first-order valence-electron chi connectivity index (χ1n) is 6.52. The van der Waals surface area contributed by atoms with Crippen molar-refractivity contribution < 1.29 is 9.53 Å². The number of aryl methyl sites for hydroxylation is 2. The topological polar surface area (TPSA) is 29.5 Å². The standard InChI is InChI=1S/C15H21NO2/c1-11-8-13(15(18-3)9-12(11)2)14(17)10-16-6-4-5-7-16/h8-9H,4-7,10H2,1-3H3. The van der Waals surface area contributed by atoms with Crippen LogP contribution < -0.4 is 4.74 Å². The number of nitrogens with zero attached hydrogens (tertiary/aromatic N) is 1. The number of hydrogen-bond donors (Lipinski definition) is 0. The molecule has 0 radical (unpaired) electrons. The van der Waals surface area contributed by atoms with Crippen LogP contribution in [-0.2, 0) is 0 Å². The lowest BCUT2D eigenvalue weighted by molar-refractivity contribution is 0.0942. The van der Waals surface area contributed by atoms with Gasteiger partial charge in [0.2, 0.25) is 0 Å². The molecule has 0 aliphatic carbocycles. The van der Waals surface area contributed by atoms with Crippen molar-refractivity contribution in [2.75, 3.05) is 26.7 Å². The molecule has 1 aromatic carbocycles. The molecule has 0 N–H and O–H groups in total. The fourth-order valence-electron chi connectivity index (χ4n) is 2.41. The molecule has 1 aromatic rings. The summed E-state index contributed by atoms with van der Waals surface area (Å²) in [4.78, 5) is 14.5. The first-order chi connectivity index (χ1) is 8.61. The van der Waals surface area contributed by atoms with Gasteiger partial charge in [-0.25, -0.2) is 0 Å². The Bertz CT molecular complexity index is 448. The van der Waals surface area contributed by atoms with E-state index in [9.17, 15) is 4.79 Å². The summed E-state index contributed by atoms with van der Waals surface area (Å²) < 4.78 is 5.33. The minimum absolute atomic E-state index is 0.164. The number of Topliss-reactive ketones (excluding diaryl/α,β-unsaturated/α-hetero) is 1. The van der Waals surface area contributed by atoms with Crippen molar-refractivity contribution in [2.24, 2.45) is 0 Å². The Hall–Kier alpha value is -1.35. The Balaban J connectivity index is 2.20. The van der Waals surface area contributed by atoms with Gasteiger partial charge in [0.25, 0.3) is 0 Å². The first-order valence-corrected chi connectivity index (χ1v) is 6.52. The average Bonchev–Trinajstić information content (AvgIpc) is 2.84. The summed E-state index contributed by atoms with van der Waals surface area (Å²) in [6.45, 7) is 6.66. The van der Waals surface area contributed by atoms with E-state index in [1.54, 1.807) is 7.11 Å². The molecule has 0 unspecified atom stereocenters. The summed E-state index contributed by atoms with van der Waals surface area (Å²) in [6.07, 6.45) is 2.41. The monoisotopic (exact) mass is 247 g/mol. The zero-order valence-corrected chi connectivity index (χ0v) is 11.5. The highest BCUT2D eigenvalue weighted by Gasteiger charge is 2.19. The van der Waals surface area contributed by atoms with E-state index in [0.717, 1.165) is 24.2 Å². The van der Waals surface area contributed by atoms with Crippen LogP contribution in [0.2, 0.25) is 0 Å². The van der Waals surface area contributed by atoms with Gasteiger partial charge in [-0.3, -0.25) is 9.69 Å². The number of hydrogen-bond acceptors (Lipinski definition) is 3. The van der Waals surface area contributed by atoms with Gasteiger partial charge in [-0.1, -0.05) is 0 Å². The van der Waals surface area contributed by atoms with Gasteiger partial charge in [0.15, 0.2) is 5.78 Å². The molecule has 0 spiro atoms. The number of methoxy groups -OCH3 is 1. The lowest BCUT2D eigenvalue weighted by atomic mass is 10.0. The van der Waals surface area contributed by atoms with Crippen molar-refractivity contribution in [1.29, 1.82) is 0 Å². The number of ether oxygens (including phenoxy) is 1. The molecule has 1 saturated heterocycles. The predicted octanol–water partition coefficient (Wildman–Crippen LogP) is 2.59. The van der Waals surface area contributed by atoms with Gasteiger partial charge in [0, 0.05) is 0 Å². The molecular formula is C15H21NO2. The molecule has 0 bridgehead atoms. The Labute approximate surface area is 109 Å². The van der Waals surface area contributed by atoms with Gasteiger partial charge in [0.05, 0.1) is 19.2 Å². The van der Waals surface area contributed by atoms with Crippen LogP contribution in [0.5, 0.6) is 5.75 Å². The molecule has 1 heterocycles. The second-order valence-corrected chi connectivity index (χ2v) is 5.04. The zero-order chi connectivity index (χ0) is 13.1. The number of carbonyl (C=O) groups is 1. The molecule has 3 heteroatoms. The van der Waals surface area contributed by atoms with Crippen LogP contribution >= 0.6 is 0 Å². The quantitative estimate of drug-likeness (QED) is 0.766. The Kier molecular flexibility index (Phi) is 4.02. The highest BCUT2D eigenvalue weighted by atomic mass is 16.5. The maximum absolute atomic E-state index is 12.3. The van der Waals surface area contributed by atoms with Crippen LogP contribution in [0.4, 0.5) is 0 Å². The summed E-state index contributed by atoms with van der Waals surface area (Å²) in [6, 6.07) is 3.90. The summed E-state index contributed by atoms with van der Waals surface area (Å²) in [5.41, 5.74) is 3.01. The second-order valence-electron chi connectivity index (χ2n) is 5.04. The maximum atomic E-state index is 12.3. The number of likely N-dealkylation sites (tertiary alicyclic amines) is 1. The summed E-state index contributed by atoms with van der Waals surface area (Å²) >= 11 is 0. The van der Waals surface area contributed by atoms with E-state index in [1.807, 2.05) is 26.0 Å². The zero-order valence-electron chi connectivity index (χ0n) is 11.5. The molecule has 3 nitrogen and oxygen atoms in total. The van der Waals surface area contributed by atoms with Crippen LogP contribution in [0.15, 0.2) is 12.1 Å². The van der Waals surface area contributed by atoms with Crippen LogP contribution in [0, 0.1) is 13.8 Å². The largest absolute Gasteiger partial charge is 0.496 e. The Morgan fingerprint density at radius 1 is 1.22 bits per heavy atom. The summed E-state index contributed by atoms with van der Waals surface area (Å²) in [7, 11) is 1.62. The number of ketones is 1. The minimum atomic E-state index is 0.164. The first kappa shape index (κ1) is 13.1. The normalized spacial score (nSPS) is 15.9. The van der Waals surface area contributed by atoms with Gasteiger partial charge in [0.1, 0.15) is 5.75 Å². The molecule has 0 atom stereocenters. The number of rotatable bonds is 4. The third-order valence-corrected chi connectivity index (χ3v) is 3.68. The molecular weight excluding hydrogens is 226 g/mol. The summed E-state index contributed by atoms with van der Waals surface area (Å²) in [5.74, 6) is 0.860. The van der Waals surface area contributed by atoms with Gasteiger partial charge < -0.3 is 4.74 Å². The molecule has 0 saturated carbocycles. The van der Waals surface area contributed by atoms with Crippen molar-refractivity contribution >= 4 is 5.78 Å². The van der Waals surface area contributed by atoms with Gasteiger partial charge in [-0.05, 0) is 63.0 Å². The highest BCUT2D eigenvalue weighted by Crippen LogP contribution is 2.24. The third kappa shape index (κ3) is 2.72. The van der Waals surface area contributed by atoms with Crippen LogP contribution in [-0.4, -0.2) is 37.4 Å². The van der Waals surface area contributed by atoms with Crippen molar-refractivity contribution in [1.82, 2.24) is 4.90 Å². The lowest BCUT2D eigenvalue weighted by Crippen LogP contribution is -2.27. The van der Waals surface area contributed by atoms with Crippen LogP contribution in [0.1, 0.15) is 34.3 Å². The van der Waals surface area contributed by atoms with Gasteiger partial charge in [-0.15, -0.1) is 0 Å². The molecule has 1 fully saturated rings. The molecule has 0 aromatic heterocycles. The van der Waals surface area contributed by atoms with E-state index >= 15 is 0 Å². The third-order valence-electron chi connectivity index (χ3n) is 3.68. The summed E-state index contributed by atoms with van der Waals surface area (Å²) in [5, 5.41) is 0. The fourth-order valence-corrected chi connectivity index (χ4v) is 2.41. The molecule has 0 amide bonds. The Morgan fingerprint density at radius 2 is 1.83 bits per heavy atom. The average molecular weight is 247 g/mol. The van der Waals surface area contributed by atoms with Gasteiger partial charge in [-0.2, -0.15) is 0 Å². The number of carbonyl (C=O) groups excluding carboxylic acids is 1. The molecule has 2 rings (SSSR count). The molecule has 18 heavy (non-hydrogen) atoms. The van der Waals surface area contributed by atoms with Crippen molar-refractivity contribution in [3.05, 3.63) is 28.8 Å². The highest BCUT2D eigenvalue weighted by molar-refractivity contribution is 6.00. The maximum Gasteiger partial charge on any atom is 0.180 e. The SMILES string of the molecule is COc1cc(C)c(C)cc1C(=O)CN1CCCC1. The smallest absolute Gasteiger partial charge is 0.180 e. The fraction of sp³-hybridized carbons (Fsp3) is 0.533.